The van der Waals surface area contributed by atoms with Crippen LogP contribution >= 0.6 is 12.4 Å². The molecule has 1 aromatic heterocycles. The van der Waals surface area contributed by atoms with Crippen LogP contribution in [-0.4, -0.2) is 46.8 Å². The van der Waals surface area contributed by atoms with Gasteiger partial charge < -0.3 is 10.2 Å². The average Bonchev–Trinajstić information content (AvgIpc) is 3.10. The maximum absolute atomic E-state index is 13.3. The third kappa shape index (κ3) is 3.15. The number of hydrogen-bond acceptors (Lipinski definition) is 3. The van der Waals surface area contributed by atoms with E-state index in [1.54, 1.807) is 6.20 Å². The predicted molar refractivity (Wildman–Crippen MR) is 89.2 cm³/mol. The standard InChI is InChI=1S/C16H26N4O.ClH/c1-19(14-6-3-2-4-7-14)15(21)16(8-11-17-12-9-16)20-13-5-10-18-20;/h5,10,13-14,17H,2-4,6-9,11-12H2,1H3;1H. The molecule has 1 amide bonds. The highest BCUT2D eigenvalue weighted by molar-refractivity contribution is 5.85. The number of nitrogens with zero attached hydrogens (tertiary/aromatic N) is 3. The normalized spacial score (nSPS) is 21.9. The van der Waals surface area contributed by atoms with Crippen LogP contribution in [0.15, 0.2) is 18.5 Å². The number of carbonyl (C=O) groups excluding carboxylic acids is 1. The summed E-state index contributed by atoms with van der Waals surface area (Å²) in [5.41, 5.74) is -0.485. The van der Waals surface area contributed by atoms with Gasteiger partial charge in [-0.05, 0) is 44.8 Å². The molecule has 1 aliphatic carbocycles. The van der Waals surface area contributed by atoms with Crippen molar-refractivity contribution >= 4 is 18.3 Å². The third-order valence-electron chi connectivity index (χ3n) is 5.21. The maximum atomic E-state index is 13.3. The number of aromatic nitrogens is 2. The predicted octanol–water partition coefficient (Wildman–Crippen LogP) is 2.17. The first-order valence-corrected chi connectivity index (χ1v) is 8.22. The van der Waals surface area contributed by atoms with Crippen LogP contribution in [0.1, 0.15) is 44.9 Å². The zero-order valence-electron chi connectivity index (χ0n) is 13.3. The van der Waals surface area contributed by atoms with E-state index < -0.39 is 5.54 Å². The fourth-order valence-electron chi connectivity index (χ4n) is 3.87. The molecule has 1 N–H and O–H groups in total. The zero-order chi connectivity index (χ0) is 14.7. The van der Waals surface area contributed by atoms with Crippen LogP contribution in [0.25, 0.3) is 0 Å². The Morgan fingerprint density at radius 1 is 1.27 bits per heavy atom. The van der Waals surface area contributed by atoms with E-state index >= 15 is 0 Å². The van der Waals surface area contributed by atoms with E-state index in [0.29, 0.717) is 6.04 Å². The molecule has 0 radical (unpaired) electrons. The molecule has 2 aliphatic rings. The Kier molecular flexibility index (Phi) is 5.87. The lowest BCUT2D eigenvalue weighted by molar-refractivity contribution is -0.144. The molecule has 6 heteroatoms. The summed E-state index contributed by atoms with van der Waals surface area (Å²) in [5, 5.41) is 7.77. The van der Waals surface area contributed by atoms with Crippen molar-refractivity contribution in [1.29, 1.82) is 0 Å². The molecule has 0 atom stereocenters. The lowest BCUT2D eigenvalue weighted by atomic mass is 9.85. The minimum Gasteiger partial charge on any atom is -0.341 e. The summed E-state index contributed by atoms with van der Waals surface area (Å²) in [5.74, 6) is 0.250. The number of amides is 1. The molecule has 0 aromatic carbocycles. The van der Waals surface area contributed by atoms with Crippen molar-refractivity contribution in [2.24, 2.45) is 0 Å². The first kappa shape index (κ1) is 17.3. The Morgan fingerprint density at radius 2 is 1.95 bits per heavy atom. The van der Waals surface area contributed by atoms with Crippen LogP contribution < -0.4 is 5.32 Å². The maximum Gasteiger partial charge on any atom is 0.250 e. The lowest BCUT2D eigenvalue weighted by Gasteiger charge is -2.42. The van der Waals surface area contributed by atoms with Crippen molar-refractivity contribution < 1.29 is 4.79 Å². The van der Waals surface area contributed by atoms with E-state index in [9.17, 15) is 4.79 Å². The van der Waals surface area contributed by atoms with Gasteiger partial charge in [0, 0.05) is 25.5 Å². The molecule has 0 spiro atoms. The summed E-state index contributed by atoms with van der Waals surface area (Å²) in [6.07, 6.45) is 11.5. The molecule has 5 nitrogen and oxygen atoms in total. The van der Waals surface area contributed by atoms with Gasteiger partial charge in [0.05, 0.1) is 0 Å². The van der Waals surface area contributed by atoms with Crippen molar-refractivity contribution in [3.8, 4) is 0 Å². The summed E-state index contributed by atoms with van der Waals surface area (Å²) in [6.45, 7) is 1.76. The Morgan fingerprint density at radius 3 is 2.55 bits per heavy atom. The summed E-state index contributed by atoms with van der Waals surface area (Å²) in [4.78, 5) is 15.3. The molecule has 0 unspecified atom stereocenters. The molecule has 124 valence electrons. The van der Waals surface area contributed by atoms with Crippen molar-refractivity contribution in [3.63, 3.8) is 0 Å². The highest BCUT2D eigenvalue weighted by atomic mass is 35.5. The number of likely N-dealkylation sites (N-methyl/N-ethyl adjacent to an activating group) is 1. The van der Waals surface area contributed by atoms with Gasteiger partial charge in [0.15, 0.2) is 0 Å². The van der Waals surface area contributed by atoms with E-state index in [4.69, 9.17) is 0 Å². The molecule has 22 heavy (non-hydrogen) atoms. The fraction of sp³-hybridized carbons (Fsp3) is 0.750. The zero-order valence-corrected chi connectivity index (χ0v) is 14.1. The number of nitrogens with one attached hydrogen (secondary N) is 1. The Bertz CT molecular complexity index is 465. The van der Waals surface area contributed by atoms with Gasteiger partial charge in [0.25, 0.3) is 5.91 Å². The van der Waals surface area contributed by atoms with Crippen molar-refractivity contribution in [2.45, 2.75) is 56.5 Å². The highest BCUT2D eigenvalue weighted by Gasteiger charge is 2.44. The van der Waals surface area contributed by atoms with Crippen molar-refractivity contribution in [2.75, 3.05) is 20.1 Å². The Hall–Kier alpha value is -1.07. The molecule has 1 aromatic rings. The number of halogens is 1. The molecule has 0 bridgehead atoms. The molecule has 3 rings (SSSR count). The Labute approximate surface area is 138 Å². The van der Waals surface area contributed by atoms with Crippen LogP contribution in [-0.2, 0) is 10.3 Å². The third-order valence-corrected chi connectivity index (χ3v) is 5.21. The van der Waals surface area contributed by atoms with Gasteiger partial charge in [-0.1, -0.05) is 19.3 Å². The van der Waals surface area contributed by atoms with Crippen LogP contribution in [0.2, 0.25) is 0 Å². The second-order valence-electron chi connectivity index (χ2n) is 6.44. The summed E-state index contributed by atoms with van der Waals surface area (Å²) >= 11 is 0. The quantitative estimate of drug-likeness (QED) is 0.926. The van der Waals surface area contributed by atoms with E-state index in [0.717, 1.165) is 38.8 Å². The number of piperidine rings is 1. The molecule has 1 saturated heterocycles. The second-order valence-corrected chi connectivity index (χ2v) is 6.44. The molecular formula is C16H27ClN4O. The summed E-state index contributed by atoms with van der Waals surface area (Å²) in [6, 6.07) is 2.33. The molecule has 2 heterocycles. The smallest absolute Gasteiger partial charge is 0.250 e. The SMILES string of the molecule is CN(C(=O)C1(n2cccn2)CCNCC1)C1CCCCC1.Cl. The van der Waals surface area contributed by atoms with E-state index in [2.05, 4.69) is 10.4 Å². The topological polar surface area (TPSA) is 50.2 Å². The van der Waals surface area contributed by atoms with E-state index in [1.165, 1.54) is 19.3 Å². The fourth-order valence-corrected chi connectivity index (χ4v) is 3.87. The molecule has 1 saturated carbocycles. The molecule has 1 aliphatic heterocycles. The minimum atomic E-state index is -0.485. The van der Waals surface area contributed by atoms with Gasteiger partial charge in [-0.15, -0.1) is 12.4 Å². The Balaban J connectivity index is 0.00000176. The van der Waals surface area contributed by atoms with Gasteiger partial charge in [0.2, 0.25) is 0 Å². The van der Waals surface area contributed by atoms with Crippen LogP contribution in [0, 0.1) is 0 Å². The van der Waals surface area contributed by atoms with Crippen molar-refractivity contribution in [3.05, 3.63) is 18.5 Å². The van der Waals surface area contributed by atoms with E-state index in [-0.39, 0.29) is 18.3 Å². The second kappa shape index (κ2) is 7.47. The van der Waals surface area contributed by atoms with Gasteiger partial charge in [0.1, 0.15) is 5.54 Å². The van der Waals surface area contributed by atoms with Crippen molar-refractivity contribution in [1.82, 2.24) is 20.0 Å². The minimum absolute atomic E-state index is 0. The van der Waals surface area contributed by atoms with Crippen LogP contribution in [0.4, 0.5) is 0 Å². The monoisotopic (exact) mass is 326 g/mol. The summed E-state index contributed by atoms with van der Waals surface area (Å²) < 4.78 is 1.90. The lowest BCUT2D eigenvalue weighted by Crippen LogP contribution is -2.57. The number of rotatable bonds is 3. The first-order chi connectivity index (χ1) is 10.2. The van der Waals surface area contributed by atoms with Gasteiger partial charge in [-0.25, -0.2) is 0 Å². The molecular weight excluding hydrogens is 300 g/mol. The number of hydrogen-bond donors (Lipinski definition) is 1. The van der Waals surface area contributed by atoms with Gasteiger partial charge in [-0.2, -0.15) is 5.10 Å². The summed E-state index contributed by atoms with van der Waals surface area (Å²) in [7, 11) is 1.99. The highest BCUT2D eigenvalue weighted by Crippen LogP contribution is 2.32. The van der Waals surface area contributed by atoms with Crippen LogP contribution in [0.3, 0.4) is 0 Å². The largest absolute Gasteiger partial charge is 0.341 e. The molecule has 2 fully saturated rings. The average molecular weight is 327 g/mol. The number of carbonyl (C=O) groups is 1. The van der Waals surface area contributed by atoms with Crippen LogP contribution in [0.5, 0.6) is 0 Å². The van der Waals surface area contributed by atoms with Gasteiger partial charge in [-0.3, -0.25) is 9.48 Å². The van der Waals surface area contributed by atoms with Gasteiger partial charge >= 0.3 is 0 Å². The first-order valence-electron chi connectivity index (χ1n) is 8.22. The van der Waals surface area contributed by atoms with E-state index in [1.807, 2.05) is 28.9 Å².